The molecule has 2 heterocycles. The van der Waals surface area contributed by atoms with Crippen LogP contribution in [-0.4, -0.2) is 51.6 Å². The molecule has 2 aromatic rings. The van der Waals surface area contributed by atoms with Crippen LogP contribution in [0.15, 0.2) is 36.4 Å². The van der Waals surface area contributed by atoms with Gasteiger partial charge in [0.25, 0.3) is 0 Å². The molecule has 0 bridgehead atoms. The van der Waals surface area contributed by atoms with Crippen molar-refractivity contribution < 1.29 is 28.5 Å². The summed E-state index contributed by atoms with van der Waals surface area (Å²) < 4.78 is 21.7. The molecule has 30 heavy (non-hydrogen) atoms. The molecular weight excluding hydrogens is 384 g/mol. The Hall–Kier alpha value is -2.44. The number of rotatable bonds is 8. The van der Waals surface area contributed by atoms with E-state index in [2.05, 4.69) is 13.8 Å². The fourth-order valence-corrected chi connectivity index (χ4v) is 3.75. The van der Waals surface area contributed by atoms with Crippen molar-refractivity contribution in [2.45, 2.75) is 26.7 Å². The van der Waals surface area contributed by atoms with Crippen molar-refractivity contribution in [2.75, 3.05) is 39.6 Å². The molecule has 2 aromatic carbocycles. The predicted molar refractivity (Wildman–Crippen MR) is 112 cm³/mol. The molecule has 6 heteroatoms. The maximum atomic E-state index is 12.7. The Morgan fingerprint density at radius 2 is 1.47 bits per heavy atom. The van der Waals surface area contributed by atoms with Crippen LogP contribution in [0.3, 0.4) is 0 Å². The van der Waals surface area contributed by atoms with Crippen molar-refractivity contribution >= 4 is 22.7 Å². The lowest BCUT2D eigenvalue weighted by atomic mass is 9.84. The van der Waals surface area contributed by atoms with Crippen LogP contribution in [0.2, 0.25) is 0 Å². The molecule has 2 aliphatic rings. The van der Waals surface area contributed by atoms with Crippen LogP contribution in [0.5, 0.6) is 0 Å². The summed E-state index contributed by atoms with van der Waals surface area (Å²) in [5, 5.41) is 1.56. The number of hydrogen-bond donors (Lipinski definition) is 0. The topological polar surface area (TPSA) is 71.1 Å². The molecule has 0 aliphatic carbocycles. The first-order valence-electron chi connectivity index (χ1n) is 10.5. The molecule has 4 rings (SSSR count). The lowest BCUT2D eigenvalue weighted by Crippen LogP contribution is -2.46. The third-order valence-corrected chi connectivity index (χ3v) is 6.49. The van der Waals surface area contributed by atoms with Crippen molar-refractivity contribution in [1.82, 2.24) is 0 Å². The SMILES string of the molecule is CCC1(COC(=O)c2ccc3c(C(=O)OCC4(CC)COC4)cccc3c2)COC1. The van der Waals surface area contributed by atoms with Gasteiger partial charge in [-0.15, -0.1) is 0 Å². The third kappa shape index (κ3) is 3.94. The Labute approximate surface area is 176 Å². The minimum absolute atomic E-state index is 0.0508. The summed E-state index contributed by atoms with van der Waals surface area (Å²) in [6.07, 6.45) is 1.82. The second-order valence-corrected chi connectivity index (χ2v) is 8.59. The van der Waals surface area contributed by atoms with Gasteiger partial charge in [-0.2, -0.15) is 0 Å². The largest absolute Gasteiger partial charge is 0.461 e. The first-order chi connectivity index (χ1) is 14.5. The highest BCUT2D eigenvalue weighted by atomic mass is 16.6. The highest BCUT2D eigenvalue weighted by Crippen LogP contribution is 2.33. The molecule has 0 radical (unpaired) electrons. The molecule has 0 aromatic heterocycles. The maximum absolute atomic E-state index is 12.7. The summed E-state index contributed by atoms with van der Waals surface area (Å²) in [6.45, 7) is 7.38. The fraction of sp³-hybridized carbons (Fsp3) is 0.500. The molecule has 0 unspecified atom stereocenters. The second-order valence-electron chi connectivity index (χ2n) is 8.59. The van der Waals surface area contributed by atoms with Gasteiger partial charge >= 0.3 is 11.9 Å². The number of carbonyl (C=O) groups excluding carboxylic acids is 2. The van der Waals surface area contributed by atoms with E-state index in [1.165, 1.54) is 0 Å². The maximum Gasteiger partial charge on any atom is 0.338 e. The summed E-state index contributed by atoms with van der Waals surface area (Å²) in [5.74, 6) is -0.718. The average molecular weight is 412 g/mol. The van der Waals surface area contributed by atoms with Crippen LogP contribution in [0.4, 0.5) is 0 Å². The zero-order chi connectivity index (χ0) is 21.2. The number of ether oxygens (including phenoxy) is 4. The first kappa shape index (κ1) is 20.8. The van der Waals surface area contributed by atoms with Gasteiger partial charge < -0.3 is 18.9 Å². The van der Waals surface area contributed by atoms with Gasteiger partial charge in [-0.05, 0) is 41.8 Å². The molecule has 0 amide bonds. The van der Waals surface area contributed by atoms with Crippen molar-refractivity contribution in [2.24, 2.45) is 10.8 Å². The zero-order valence-corrected chi connectivity index (χ0v) is 17.6. The van der Waals surface area contributed by atoms with Gasteiger partial charge in [-0.3, -0.25) is 0 Å². The molecule has 0 spiro atoms. The van der Waals surface area contributed by atoms with Crippen molar-refractivity contribution in [3.05, 3.63) is 47.5 Å². The van der Waals surface area contributed by atoms with Crippen LogP contribution in [0.25, 0.3) is 10.8 Å². The Morgan fingerprint density at radius 1 is 0.867 bits per heavy atom. The Bertz CT molecular complexity index is 931. The standard InChI is InChI=1S/C24H28O6/c1-3-23(11-27-12-23)15-29-21(25)18-8-9-19-17(10-18)6-5-7-20(19)22(26)30-16-24(4-2)13-28-14-24/h5-10H,3-4,11-16H2,1-2H3. The summed E-state index contributed by atoms with van der Waals surface area (Å²) >= 11 is 0. The lowest BCUT2D eigenvalue weighted by Gasteiger charge is -2.39. The summed E-state index contributed by atoms with van der Waals surface area (Å²) in [6, 6.07) is 10.7. The van der Waals surface area contributed by atoms with E-state index in [0.29, 0.717) is 50.8 Å². The minimum Gasteiger partial charge on any atom is -0.461 e. The van der Waals surface area contributed by atoms with Gasteiger partial charge in [-0.1, -0.05) is 32.0 Å². The molecule has 6 nitrogen and oxygen atoms in total. The normalized spacial score (nSPS) is 18.9. The molecule has 0 atom stereocenters. The Kier molecular flexibility index (Phi) is 5.80. The van der Waals surface area contributed by atoms with Gasteiger partial charge in [0.15, 0.2) is 0 Å². The molecule has 2 saturated heterocycles. The molecule has 160 valence electrons. The highest BCUT2D eigenvalue weighted by Gasteiger charge is 2.39. The van der Waals surface area contributed by atoms with E-state index in [-0.39, 0.29) is 22.8 Å². The first-order valence-corrected chi connectivity index (χ1v) is 10.5. The summed E-state index contributed by atoms with van der Waals surface area (Å²) in [5.41, 5.74) is 0.857. The molecular formula is C24H28O6. The van der Waals surface area contributed by atoms with Gasteiger partial charge in [0.05, 0.1) is 48.4 Å². The number of hydrogen-bond acceptors (Lipinski definition) is 6. The summed E-state index contributed by atoms with van der Waals surface area (Å²) in [4.78, 5) is 25.2. The van der Waals surface area contributed by atoms with Crippen LogP contribution in [0.1, 0.15) is 47.4 Å². The van der Waals surface area contributed by atoms with E-state index in [1.54, 1.807) is 30.3 Å². The molecule has 0 N–H and O–H groups in total. The van der Waals surface area contributed by atoms with Crippen LogP contribution < -0.4 is 0 Å². The van der Waals surface area contributed by atoms with E-state index in [9.17, 15) is 9.59 Å². The number of fused-ring (bicyclic) bond motifs is 1. The van der Waals surface area contributed by atoms with Crippen LogP contribution in [0, 0.1) is 10.8 Å². The van der Waals surface area contributed by atoms with Crippen molar-refractivity contribution in [1.29, 1.82) is 0 Å². The van der Waals surface area contributed by atoms with Gasteiger partial charge in [0.2, 0.25) is 0 Å². The van der Waals surface area contributed by atoms with Gasteiger partial charge in [0.1, 0.15) is 13.2 Å². The van der Waals surface area contributed by atoms with E-state index in [0.717, 1.165) is 23.6 Å². The summed E-state index contributed by atoms with van der Waals surface area (Å²) in [7, 11) is 0. The number of esters is 2. The highest BCUT2D eigenvalue weighted by molar-refractivity contribution is 6.06. The fourth-order valence-electron chi connectivity index (χ4n) is 3.75. The van der Waals surface area contributed by atoms with Crippen molar-refractivity contribution in [3.63, 3.8) is 0 Å². The predicted octanol–water partition coefficient (Wildman–Crippen LogP) is 4.01. The van der Waals surface area contributed by atoms with Crippen LogP contribution >= 0.6 is 0 Å². The zero-order valence-electron chi connectivity index (χ0n) is 17.6. The van der Waals surface area contributed by atoms with E-state index < -0.39 is 0 Å². The minimum atomic E-state index is -0.362. The third-order valence-electron chi connectivity index (χ3n) is 6.49. The van der Waals surface area contributed by atoms with Crippen LogP contribution in [-0.2, 0) is 18.9 Å². The van der Waals surface area contributed by atoms with E-state index >= 15 is 0 Å². The van der Waals surface area contributed by atoms with E-state index in [4.69, 9.17) is 18.9 Å². The smallest absolute Gasteiger partial charge is 0.338 e. The quantitative estimate of drug-likeness (QED) is 0.610. The number of carbonyl (C=O) groups is 2. The second kappa shape index (κ2) is 8.36. The number of benzene rings is 2. The lowest BCUT2D eigenvalue weighted by molar-refractivity contribution is -0.140. The Morgan fingerprint density at radius 3 is 2.00 bits per heavy atom. The monoisotopic (exact) mass is 412 g/mol. The molecule has 2 fully saturated rings. The van der Waals surface area contributed by atoms with Gasteiger partial charge in [0, 0.05) is 0 Å². The van der Waals surface area contributed by atoms with E-state index in [1.807, 2.05) is 6.07 Å². The van der Waals surface area contributed by atoms with Crippen molar-refractivity contribution in [3.8, 4) is 0 Å². The Balaban J connectivity index is 1.46. The average Bonchev–Trinajstić information content (AvgIpc) is 2.71. The van der Waals surface area contributed by atoms with Gasteiger partial charge in [-0.25, -0.2) is 9.59 Å². The molecule has 2 aliphatic heterocycles. The molecule has 0 saturated carbocycles.